The molecule has 0 radical (unpaired) electrons. The van der Waals surface area contributed by atoms with Crippen LogP contribution in [-0.4, -0.2) is 43.6 Å². The first kappa shape index (κ1) is 9.97. The predicted molar refractivity (Wildman–Crippen MR) is 59.1 cm³/mol. The summed E-state index contributed by atoms with van der Waals surface area (Å²) in [4.78, 5) is 27.8. The molecule has 8 nitrogen and oxygen atoms in total. The molecule has 1 fully saturated rings. The normalized spacial score (nSPS) is 20.4. The average Bonchev–Trinajstić information content (AvgIpc) is 2.84. The number of carbonyl (C=O) groups excluding carboxylic acids is 1. The van der Waals surface area contributed by atoms with Crippen LogP contribution in [0.15, 0.2) is 6.33 Å². The highest BCUT2D eigenvalue weighted by molar-refractivity contribution is 5.95. The molecule has 0 bridgehead atoms. The van der Waals surface area contributed by atoms with Gasteiger partial charge in [0.05, 0.1) is 25.4 Å². The smallest absolute Gasteiger partial charge is 0.236 e. The summed E-state index contributed by atoms with van der Waals surface area (Å²) in [5, 5.41) is 9.40. The van der Waals surface area contributed by atoms with Crippen LogP contribution in [0.25, 0.3) is 11.2 Å². The molecule has 1 saturated heterocycles. The van der Waals surface area contributed by atoms with Gasteiger partial charge in [-0.05, 0) is 0 Å². The molecule has 2 aromatic rings. The average molecular weight is 234 g/mol. The van der Waals surface area contributed by atoms with Gasteiger partial charge in [0.15, 0.2) is 11.5 Å². The third kappa shape index (κ3) is 1.49. The van der Waals surface area contributed by atoms with Crippen LogP contribution in [0.5, 0.6) is 0 Å². The quantitative estimate of drug-likeness (QED) is 0.584. The molecule has 0 aliphatic carbocycles. The second kappa shape index (κ2) is 3.39. The minimum absolute atomic E-state index is 0.0852. The van der Waals surface area contributed by atoms with Gasteiger partial charge in [0, 0.05) is 0 Å². The van der Waals surface area contributed by atoms with E-state index in [0.29, 0.717) is 11.2 Å². The zero-order valence-electron chi connectivity index (χ0n) is 8.79. The molecule has 1 amide bonds. The predicted octanol–water partition coefficient (Wildman–Crippen LogP) is -0.967. The van der Waals surface area contributed by atoms with E-state index >= 15 is 0 Å². The summed E-state index contributed by atoms with van der Waals surface area (Å²) in [7, 11) is 0. The summed E-state index contributed by atoms with van der Waals surface area (Å²) in [6.07, 6.45) is 0.865. The lowest BCUT2D eigenvalue weighted by molar-refractivity contribution is -0.117. The van der Waals surface area contributed by atoms with Crippen LogP contribution >= 0.6 is 0 Å². The lowest BCUT2D eigenvalue weighted by atomic mass is 10.3. The van der Waals surface area contributed by atoms with Crippen LogP contribution in [0.4, 0.5) is 11.8 Å². The van der Waals surface area contributed by atoms with E-state index in [2.05, 4.69) is 19.9 Å². The lowest BCUT2D eigenvalue weighted by Crippen LogP contribution is -2.27. The van der Waals surface area contributed by atoms with Crippen LogP contribution in [0.3, 0.4) is 0 Å². The Bertz CT molecular complexity index is 594. The maximum Gasteiger partial charge on any atom is 0.236 e. The van der Waals surface area contributed by atoms with Gasteiger partial charge in [-0.2, -0.15) is 9.97 Å². The van der Waals surface area contributed by atoms with Gasteiger partial charge in [-0.3, -0.25) is 9.69 Å². The first-order valence-corrected chi connectivity index (χ1v) is 5.10. The van der Waals surface area contributed by atoms with E-state index in [1.54, 1.807) is 0 Å². The number of aromatic nitrogens is 4. The van der Waals surface area contributed by atoms with Gasteiger partial charge in [0.2, 0.25) is 11.9 Å². The number of nitrogens with one attached hydrogen (secondary N) is 1. The number of nitrogens with two attached hydrogens (primary N) is 1. The Morgan fingerprint density at radius 3 is 3.06 bits per heavy atom. The molecule has 88 valence electrons. The van der Waals surface area contributed by atoms with E-state index in [4.69, 9.17) is 5.73 Å². The van der Waals surface area contributed by atoms with Crippen LogP contribution < -0.4 is 10.6 Å². The molecule has 0 aromatic carbocycles. The molecular weight excluding hydrogens is 224 g/mol. The highest BCUT2D eigenvalue weighted by Crippen LogP contribution is 2.22. The summed E-state index contributed by atoms with van der Waals surface area (Å²) in [6.45, 7) is 0.189. The Balaban J connectivity index is 2.08. The molecule has 3 rings (SSSR count). The number of hydrogen-bond acceptors (Lipinski definition) is 6. The second-order valence-electron chi connectivity index (χ2n) is 3.87. The highest BCUT2D eigenvalue weighted by atomic mass is 16.3. The number of hydrogen-bond donors (Lipinski definition) is 3. The topological polar surface area (TPSA) is 121 Å². The SMILES string of the molecule is Nc1nc(N2CC(O)CC2=O)nc2nc[nH]c12. The summed E-state index contributed by atoms with van der Waals surface area (Å²) in [5.41, 5.74) is 6.67. The Labute approximate surface area is 95.5 Å². The van der Waals surface area contributed by atoms with Gasteiger partial charge >= 0.3 is 0 Å². The van der Waals surface area contributed by atoms with Crippen molar-refractivity contribution in [3.05, 3.63) is 6.33 Å². The molecule has 4 N–H and O–H groups in total. The fourth-order valence-electron chi connectivity index (χ4n) is 1.85. The van der Waals surface area contributed by atoms with Gasteiger partial charge in [-0.15, -0.1) is 0 Å². The number of aliphatic hydroxyl groups excluding tert-OH is 1. The second-order valence-corrected chi connectivity index (χ2v) is 3.87. The number of β-amino-alcohol motifs (C(OH)–C–C–N with tert-alkyl or cyclic N) is 1. The van der Waals surface area contributed by atoms with Gasteiger partial charge in [0.1, 0.15) is 5.52 Å². The summed E-state index contributed by atoms with van der Waals surface area (Å²) in [5.74, 6) is 0.201. The van der Waals surface area contributed by atoms with Gasteiger partial charge in [-0.1, -0.05) is 0 Å². The largest absolute Gasteiger partial charge is 0.391 e. The maximum absolute atomic E-state index is 11.6. The summed E-state index contributed by atoms with van der Waals surface area (Å²) in [6, 6.07) is 0. The summed E-state index contributed by atoms with van der Waals surface area (Å²) >= 11 is 0. The van der Waals surface area contributed by atoms with Crippen molar-refractivity contribution in [2.75, 3.05) is 17.2 Å². The molecule has 17 heavy (non-hydrogen) atoms. The third-order valence-corrected chi connectivity index (χ3v) is 2.65. The van der Waals surface area contributed by atoms with Crippen LogP contribution in [0, 0.1) is 0 Å². The van der Waals surface area contributed by atoms with Crippen molar-refractivity contribution in [2.45, 2.75) is 12.5 Å². The number of aromatic amines is 1. The Hall–Kier alpha value is -2.22. The van der Waals surface area contributed by atoms with Crippen molar-refractivity contribution in [1.82, 2.24) is 19.9 Å². The number of imidazole rings is 1. The number of rotatable bonds is 1. The minimum Gasteiger partial charge on any atom is -0.391 e. The van der Waals surface area contributed by atoms with Crippen LogP contribution in [0.2, 0.25) is 0 Å². The molecule has 3 heterocycles. The zero-order valence-corrected chi connectivity index (χ0v) is 8.79. The van der Waals surface area contributed by atoms with E-state index in [-0.39, 0.29) is 30.6 Å². The zero-order chi connectivity index (χ0) is 12.0. The number of aliphatic hydroxyl groups is 1. The number of carbonyl (C=O) groups is 1. The van der Waals surface area contributed by atoms with E-state index < -0.39 is 6.10 Å². The van der Waals surface area contributed by atoms with Gasteiger partial charge < -0.3 is 15.8 Å². The van der Waals surface area contributed by atoms with Crippen LogP contribution in [0.1, 0.15) is 6.42 Å². The minimum atomic E-state index is -0.679. The fourth-order valence-corrected chi connectivity index (χ4v) is 1.85. The van der Waals surface area contributed by atoms with E-state index in [1.807, 2.05) is 0 Å². The monoisotopic (exact) mass is 234 g/mol. The molecule has 1 aliphatic heterocycles. The first-order valence-electron chi connectivity index (χ1n) is 5.10. The van der Waals surface area contributed by atoms with Crippen molar-refractivity contribution < 1.29 is 9.90 Å². The number of fused-ring (bicyclic) bond motifs is 1. The van der Waals surface area contributed by atoms with Crippen molar-refractivity contribution in [3.63, 3.8) is 0 Å². The highest BCUT2D eigenvalue weighted by Gasteiger charge is 2.31. The number of H-pyrrole nitrogens is 1. The number of amides is 1. The van der Waals surface area contributed by atoms with Crippen molar-refractivity contribution >= 4 is 28.8 Å². The Morgan fingerprint density at radius 2 is 2.35 bits per heavy atom. The summed E-state index contributed by atoms with van der Waals surface area (Å²) < 4.78 is 0. The molecule has 0 saturated carbocycles. The molecule has 8 heteroatoms. The number of nitrogens with zero attached hydrogens (tertiary/aromatic N) is 4. The Morgan fingerprint density at radius 1 is 1.53 bits per heavy atom. The number of anilines is 2. The van der Waals surface area contributed by atoms with Crippen molar-refractivity contribution in [1.29, 1.82) is 0 Å². The molecule has 0 spiro atoms. The maximum atomic E-state index is 11.6. The molecule has 1 aliphatic rings. The number of nitrogen functional groups attached to an aromatic ring is 1. The molecule has 1 atom stereocenters. The molecule has 2 aromatic heterocycles. The van der Waals surface area contributed by atoms with Crippen molar-refractivity contribution in [2.24, 2.45) is 0 Å². The molecular formula is C9H10N6O2. The van der Waals surface area contributed by atoms with Crippen molar-refractivity contribution in [3.8, 4) is 0 Å². The van der Waals surface area contributed by atoms with E-state index in [1.165, 1.54) is 11.2 Å². The molecule has 1 unspecified atom stereocenters. The van der Waals surface area contributed by atoms with Crippen LogP contribution in [-0.2, 0) is 4.79 Å². The van der Waals surface area contributed by atoms with E-state index in [0.717, 1.165) is 0 Å². The van der Waals surface area contributed by atoms with Gasteiger partial charge in [0.25, 0.3) is 0 Å². The third-order valence-electron chi connectivity index (χ3n) is 2.65. The Kier molecular flexibility index (Phi) is 1.99. The standard InChI is InChI=1S/C9H10N6O2/c10-7-6-8(12-3-11-6)14-9(13-7)15-2-4(16)1-5(15)17/h3-4,16H,1-2H2,(H3,10,11,12,13,14). The first-order chi connectivity index (χ1) is 8.15. The lowest BCUT2D eigenvalue weighted by Gasteiger charge is -2.13. The van der Waals surface area contributed by atoms with Gasteiger partial charge in [-0.25, -0.2) is 4.98 Å². The fraction of sp³-hybridized carbons (Fsp3) is 0.333. The van der Waals surface area contributed by atoms with E-state index in [9.17, 15) is 9.90 Å².